The minimum absolute atomic E-state index is 0.0437. The van der Waals surface area contributed by atoms with Gasteiger partial charge in [0.25, 0.3) is 0 Å². The van der Waals surface area contributed by atoms with Gasteiger partial charge in [-0.25, -0.2) is 4.98 Å². The molecule has 7 heteroatoms. The van der Waals surface area contributed by atoms with Crippen LogP contribution in [-0.2, 0) is 17.6 Å². The van der Waals surface area contributed by atoms with Crippen molar-refractivity contribution in [3.05, 3.63) is 40.4 Å². The maximum atomic E-state index is 12.5. The molecule has 0 radical (unpaired) electrons. The average Bonchev–Trinajstić information content (AvgIpc) is 3.07. The second kappa shape index (κ2) is 6.29. The molecule has 0 aliphatic rings. The van der Waals surface area contributed by atoms with E-state index in [1.165, 1.54) is 11.5 Å². The largest absolute Gasteiger partial charge is 0.441 e. The summed E-state index contributed by atoms with van der Waals surface area (Å²) < 4.78 is 9.73. The molecule has 0 unspecified atom stereocenters. The second-order valence-corrected chi connectivity index (χ2v) is 6.40. The zero-order valence-corrected chi connectivity index (χ0v) is 14.7. The molecule has 0 fully saturated rings. The molecule has 0 atom stereocenters. The quantitative estimate of drug-likeness (QED) is 0.714. The Labute approximate surface area is 143 Å². The molecule has 1 amide bonds. The van der Waals surface area contributed by atoms with E-state index in [1.807, 2.05) is 25.1 Å². The third-order valence-corrected chi connectivity index (χ3v) is 5.08. The van der Waals surface area contributed by atoms with Crippen LogP contribution in [0.5, 0.6) is 0 Å². The molecule has 0 N–H and O–H groups in total. The molecule has 3 rings (SSSR count). The average molecular weight is 350 g/mol. The van der Waals surface area contributed by atoms with E-state index >= 15 is 0 Å². The molecule has 2 aromatic heterocycles. The minimum atomic E-state index is -0.0437. The lowest BCUT2D eigenvalue weighted by molar-refractivity contribution is -0.117. The molecule has 5 nitrogen and oxygen atoms in total. The molecule has 0 aliphatic carbocycles. The highest BCUT2D eigenvalue weighted by molar-refractivity contribution is 7.11. The predicted molar refractivity (Wildman–Crippen MR) is 92.4 cm³/mol. The zero-order chi connectivity index (χ0) is 16.6. The van der Waals surface area contributed by atoms with Crippen LogP contribution in [0.2, 0.25) is 5.02 Å². The highest BCUT2D eigenvalue weighted by atomic mass is 35.5. The van der Waals surface area contributed by atoms with Gasteiger partial charge in [-0.05, 0) is 35.6 Å². The van der Waals surface area contributed by atoms with Gasteiger partial charge in [-0.3, -0.25) is 4.79 Å². The maximum absolute atomic E-state index is 12.5. The molecule has 0 saturated carbocycles. The van der Waals surface area contributed by atoms with E-state index < -0.39 is 0 Å². The van der Waals surface area contributed by atoms with Gasteiger partial charge in [-0.2, -0.15) is 4.37 Å². The third kappa shape index (κ3) is 3.09. The van der Waals surface area contributed by atoms with Gasteiger partial charge < -0.3 is 9.32 Å². The Balaban J connectivity index is 1.80. The van der Waals surface area contributed by atoms with Crippen LogP contribution in [0.3, 0.4) is 0 Å². The number of benzene rings is 1. The molecule has 2 heterocycles. The first-order chi connectivity index (χ1) is 11.0. The van der Waals surface area contributed by atoms with E-state index in [1.54, 1.807) is 18.9 Å². The number of anilines is 1. The lowest BCUT2D eigenvalue weighted by Gasteiger charge is -2.15. The number of aromatic nitrogens is 2. The fraction of sp³-hybridized carbons (Fsp3) is 0.312. The van der Waals surface area contributed by atoms with Crippen molar-refractivity contribution in [3.63, 3.8) is 0 Å². The van der Waals surface area contributed by atoms with Crippen molar-refractivity contribution >= 4 is 45.1 Å². The van der Waals surface area contributed by atoms with Crippen molar-refractivity contribution in [2.75, 3.05) is 11.9 Å². The Hall–Kier alpha value is -1.92. The smallest absolute Gasteiger partial charge is 0.231 e. The van der Waals surface area contributed by atoms with Crippen LogP contribution >= 0.6 is 23.1 Å². The number of halogens is 1. The number of likely N-dealkylation sites (N-methyl/N-ethyl adjacent to an activating group) is 1. The molecular weight excluding hydrogens is 334 g/mol. The van der Waals surface area contributed by atoms with Crippen LogP contribution in [0, 0.1) is 6.92 Å². The van der Waals surface area contributed by atoms with E-state index in [0.29, 0.717) is 15.9 Å². The summed E-state index contributed by atoms with van der Waals surface area (Å²) >= 11 is 7.53. The third-order valence-electron chi connectivity index (χ3n) is 3.61. The van der Waals surface area contributed by atoms with Crippen LogP contribution < -0.4 is 4.90 Å². The van der Waals surface area contributed by atoms with E-state index in [-0.39, 0.29) is 12.3 Å². The summed E-state index contributed by atoms with van der Waals surface area (Å²) in [4.78, 5) is 18.4. The van der Waals surface area contributed by atoms with Crippen LogP contribution in [-0.4, -0.2) is 22.3 Å². The summed E-state index contributed by atoms with van der Waals surface area (Å²) in [6.07, 6.45) is 1.02. The van der Waals surface area contributed by atoms with Gasteiger partial charge in [0, 0.05) is 14.0 Å². The van der Waals surface area contributed by atoms with Gasteiger partial charge in [-0.1, -0.05) is 24.6 Å². The first kappa shape index (κ1) is 16.0. The van der Waals surface area contributed by atoms with E-state index in [4.69, 9.17) is 16.0 Å². The van der Waals surface area contributed by atoms with E-state index in [2.05, 4.69) is 9.36 Å². The number of fused-ring (bicyclic) bond motifs is 1. The predicted octanol–water partition coefficient (Wildman–Crippen LogP) is 4.01. The van der Waals surface area contributed by atoms with Gasteiger partial charge in [0.15, 0.2) is 11.5 Å². The molecule has 23 heavy (non-hydrogen) atoms. The van der Waals surface area contributed by atoms with Crippen LogP contribution in [0.25, 0.3) is 11.1 Å². The molecular formula is C16H16ClN3O2S. The van der Waals surface area contributed by atoms with Gasteiger partial charge in [0.1, 0.15) is 10.5 Å². The molecule has 0 bridgehead atoms. The summed E-state index contributed by atoms with van der Waals surface area (Å²) in [5.41, 5.74) is 3.20. The summed E-state index contributed by atoms with van der Waals surface area (Å²) in [5.74, 6) is 0.571. The lowest BCUT2D eigenvalue weighted by atomic mass is 10.1. The minimum Gasteiger partial charge on any atom is -0.441 e. The SMILES string of the molecule is CCc1nsc(N(C)C(=O)Cc2ccc3oc(C)nc3c2)c1Cl. The highest BCUT2D eigenvalue weighted by Crippen LogP contribution is 2.33. The van der Waals surface area contributed by atoms with Crippen molar-refractivity contribution < 1.29 is 9.21 Å². The normalized spacial score (nSPS) is 11.1. The standard InChI is InChI=1S/C16H16ClN3O2S/c1-4-11-15(17)16(23-19-11)20(3)14(21)8-10-5-6-13-12(7-10)18-9(2)22-13/h5-7H,4,8H2,1-3H3. The molecule has 0 saturated heterocycles. The summed E-state index contributed by atoms with van der Waals surface area (Å²) in [7, 11) is 1.72. The Morgan fingerprint density at radius 1 is 1.43 bits per heavy atom. The highest BCUT2D eigenvalue weighted by Gasteiger charge is 2.19. The molecule has 1 aromatic carbocycles. The number of aryl methyl sites for hydroxylation is 2. The molecule has 120 valence electrons. The first-order valence-corrected chi connectivity index (χ1v) is 8.41. The van der Waals surface area contributed by atoms with Crippen molar-refractivity contribution in [2.45, 2.75) is 26.7 Å². The molecule has 3 aromatic rings. The van der Waals surface area contributed by atoms with Crippen LogP contribution in [0.1, 0.15) is 24.1 Å². The number of carbonyl (C=O) groups excluding carboxylic acids is 1. The lowest BCUT2D eigenvalue weighted by Crippen LogP contribution is -2.27. The van der Waals surface area contributed by atoms with Crippen molar-refractivity contribution in [3.8, 4) is 0 Å². The topological polar surface area (TPSA) is 59.2 Å². The van der Waals surface area contributed by atoms with Crippen molar-refractivity contribution in [2.24, 2.45) is 0 Å². The maximum Gasteiger partial charge on any atom is 0.231 e. The van der Waals surface area contributed by atoms with Crippen LogP contribution in [0.15, 0.2) is 22.6 Å². The number of nitrogens with zero attached hydrogens (tertiary/aromatic N) is 3. The fourth-order valence-electron chi connectivity index (χ4n) is 2.33. The number of hydrogen-bond acceptors (Lipinski definition) is 5. The zero-order valence-electron chi connectivity index (χ0n) is 13.1. The van der Waals surface area contributed by atoms with Crippen molar-refractivity contribution in [1.29, 1.82) is 0 Å². The summed E-state index contributed by atoms with van der Waals surface area (Å²) in [6, 6.07) is 5.60. The number of oxazole rings is 1. The Morgan fingerprint density at radius 2 is 2.22 bits per heavy atom. The Kier molecular flexibility index (Phi) is 4.37. The number of carbonyl (C=O) groups is 1. The molecule has 0 aliphatic heterocycles. The Bertz CT molecular complexity index is 871. The number of rotatable bonds is 4. The molecule has 0 spiro atoms. The van der Waals surface area contributed by atoms with Gasteiger partial charge in [-0.15, -0.1) is 0 Å². The summed E-state index contributed by atoms with van der Waals surface area (Å²) in [5, 5.41) is 1.25. The van der Waals surface area contributed by atoms with Gasteiger partial charge >= 0.3 is 0 Å². The van der Waals surface area contributed by atoms with E-state index in [0.717, 1.165) is 28.8 Å². The van der Waals surface area contributed by atoms with Gasteiger partial charge in [0.05, 0.1) is 17.1 Å². The number of amides is 1. The van der Waals surface area contributed by atoms with Crippen LogP contribution in [0.4, 0.5) is 5.00 Å². The first-order valence-electron chi connectivity index (χ1n) is 7.26. The van der Waals surface area contributed by atoms with E-state index in [9.17, 15) is 4.79 Å². The summed E-state index contributed by atoms with van der Waals surface area (Å²) in [6.45, 7) is 3.79. The monoisotopic (exact) mass is 349 g/mol. The van der Waals surface area contributed by atoms with Gasteiger partial charge in [0.2, 0.25) is 5.91 Å². The fourth-order valence-corrected chi connectivity index (χ4v) is 3.63. The number of hydrogen-bond donors (Lipinski definition) is 0. The van der Waals surface area contributed by atoms with Crippen molar-refractivity contribution in [1.82, 2.24) is 9.36 Å². The Morgan fingerprint density at radius 3 is 2.91 bits per heavy atom. The second-order valence-electron chi connectivity index (χ2n) is 5.27.